The van der Waals surface area contributed by atoms with Crippen LogP contribution in [0.25, 0.3) is 0 Å². The van der Waals surface area contributed by atoms with Gasteiger partial charge in [-0.1, -0.05) is 26.0 Å². The highest BCUT2D eigenvalue weighted by atomic mass is 19.1. The molecule has 0 radical (unpaired) electrons. The fourth-order valence-corrected chi connectivity index (χ4v) is 3.18. The minimum Gasteiger partial charge on any atom is -0.484 e. The van der Waals surface area contributed by atoms with Crippen LogP contribution in [-0.4, -0.2) is 24.0 Å². The fraction of sp³-hybridized carbons (Fsp3) is 0.350. The first kappa shape index (κ1) is 18.8. The number of nitrogens with zero attached hydrogens (tertiary/aromatic N) is 2. The van der Waals surface area contributed by atoms with Crippen molar-refractivity contribution in [3.05, 3.63) is 63.5 Å². The zero-order valence-corrected chi connectivity index (χ0v) is 15.3. The molecule has 1 aliphatic rings. The minimum absolute atomic E-state index is 0.0823. The lowest BCUT2D eigenvalue weighted by Crippen LogP contribution is -2.38. The third-order valence-electron chi connectivity index (χ3n) is 4.67. The quantitative estimate of drug-likeness (QED) is 0.582. The molecule has 0 atom stereocenters. The smallest absolute Gasteiger partial charge is 0.305 e. The van der Waals surface area contributed by atoms with Crippen LogP contribution in [0.3, 0.4) is 0 Å². The van der Waals surface area contributed by atoms with Gasteiger partial charge in [-0.05, 0) is 42.0 Å². The predicted octanol–water partition coefficient (Wildman–Crippen LogP) is 4.22. The molecule has 0 saturated carbocycles. The Labute approximate surface area is 156 Å². The molecule has 142 valence electrons. The molecule has 0 aliphatic carbocycles. The van der Waals surface area contributed by atoms with Crippen molar-refractivity contribution >= 4 is 17.3 Å². The van der Waals surface area contributed by atoms with Gasteiger partial charge in [-0.25, -0.2) is 0 Å². The normalized spacial score (nSPS) is 13.4. The van der Waals surface area contributed by atoms with Crippen molar-refractivity contribution in [1.29, 1.82) is 0 Å². The van der Waals surface area contributed by atoms with Crippen LogP contribution in [0.2, 0.25) is 0 Å². The van der Waals surface area contributed by atoms with E-state index >= 15 is 0 Å². The summed E-state index contributed by atoms with van der Waals surface area (Å²) in [5, 5.41) is 10.7. The van der Waals surface area contributed by atoms with Crippen LogP contribution in [0.15, 0.2) is 36.4 Å². The molecule has 6 nitrogen and oxygen atoms in total. The molecule has 7 heteroatoms. The molecule has 0 aromatic heterocycles. The lowest BCUT2D eigenvalue weighted by atomic mass is 9.95. The number of halogens is 1. The largest absolute Gasteiger partial charge is 0.484 e. The number of carbonyl (C=O) groups excluding carboxylic acids is 1. The monoisotopic (exact) mass is 372 g/mol. The van der Waals surface area contributed by atoms with Gasteiger partial charge in [-0.3, -0.25) is 14.9 Å². The number of aryl methyl sites for hydroxylation is 1. The lowest BCUT2D eigenvalue weighted by molar-refractivity contribution is -0.387. The van der Waals surface area contributed by atoms with E-state index < -0.39 is 16.4 Å². The first-order valence-electron chi connectivity index (χ1n) is 8.86. The van der Waals surface area contributed by atoms with Crippen molar-refractivity contribution in [2.75, 3.05) is 18.1 Å². The molecule has 0 spiro atoms. The van der Waals surface area contributed by atoms with Gasteiger partial charge in [-0.15, -0.1) is 0 Å². The number of benzene rings is 2. The molecular weight excluding hydrogens is 351 g/mol. The van der Waals surface area contributed by atoms with E-state index in [-0.39, 0.29) is 18.3 Å². The molecule has 0 fully saturated rings. The van der Waals surface area contributed by atoms with Gasteiger partial charge >= 0.3 is 5.69 Å². The van der Waals surface area contributed by atoms with Crippen LogP contribution in [0.1, 0.15) is 37.3 Å². The van der Waals surface area contributed by atoms with Crippen LogP contribution in [-0.2, 0) is 11.2 Å². The van der Waals surface area contributed by atoms with Crippen molar-refractivity contribution in [3.8, 4) is 5.75 Å². The summed E-state index contributed by atoms with van der Waals surface area (Å²) in [4.78, 5) is 24.1. The number of fused-ring (bicyclic) bond motifs is 1. The minimum atomic E-state index is -0.991. The summed E-state index contributed by atoms with van der Waals surface area (Å²) in [6.45, 7) is 4.60. The van der Waals surface area contributed by atoms with Gasteiger partial charge in [-0.2, -0.15) is 4.39 Å². The van der Waals surface area contributed by atoms with E-state index in [1.807, 2.05) is 12.1 Å². The molecule has 27 heavy (non-hydrogen) atoms. The van der Waals surface area contributed by atoms with Gasteiger partial charge in [0, 0.05) is 24.4 Å². The SMILES string of the molecule is CC(C)c1ccc2c(c1)CCCN2C(=O)COc1ccc([N+](=O)[O-])c(F)c1. The van der Waals surface area contributed by atoms with Crippen LogP contribution in [0, 0.1) is 15.9 Å². The number of hydrogen-bond acceptors (Lipinski definition) is 4. The lowest BCUT2D eigenvalue weighted by Gasteiger charge is -2.30. The predicted molar refractivity (Wildman–Crippen MR) is 99.8 cm³/mol. The van der Waals surface area contributed by atoms with Gasteiger partial charge in [0.25, 0.3) is 5.91 Å². The molecule has 0 bridgehead atoms. The second-order valence-electron chi connectivity index (χ2n) is 6.85. The van der Waals surface area contributed by atoms with Gasteiger partial charge in [0.1, 0.15) is 5.75 Å². The number of rotatable bonds is 5. The van der Waals surface area contributed by atoms with Gasteiger partial charge in [0.05, 0.1) is 4.92 Å². The number of hydrogen-bond donors (Lipinski definition) is 0. The highest BCUT2D eigenvalue weighted by molar-refractivity contribution is 5.95. The summed E-state index contributed by atoms with van der Waals surface area (Å²) >= 11 is 0. The third-order valence-corrected chi connectivity index (χ3v) is 4.67. The van der Waals surface area contributed by atoms with Crippen molar-refractivity contribution in [2.24, 2.45) is 0 Å². The summed E-state index contributed by atoms with van der Waals surface area (Å²) in [5.74, 6) is -0.720. The molecule has 2 aromatic rings. The fourth-order valence-electron chi connectivity index (χ4n) is 3.18. The van der Waals surface area contributed by atoms with Crippen molar-refractivity contribution in [3.63, 3.8) is 0 Å². The second kappa shape index (κ2) is 7.73. The van der Waals surface area contributed by atoms with Gasteiger partial charge in [0.15, 0.2) is 6.61 Å². The standard InChI is InChI=1S/C20H21FN2O4/c1-13(2)14-5-7-18-15(10-14)4-3-9-22(18)20(24)12-27-16-6-8-19(23(25)26)17(21)11-16/h5-8,10-11,13H,3-4,9,12H2,1-2H3. The van der Waals surface area contributed by atoms with Gasteiger partial charge in [0.2, 0.25) is 5.82 Å². The molecule has 1 amide bonds. The van der Waals surface area contributed by atoms with E-state index in [0.29, 0.717) is 12.5 Å². The molecular formula is C20H21FN2O4. The Morgan fingerprint density at radius 1 is 1.30 bits per heavy atom. The van der Waals surface area contributed by atoms with E-state index in [1.165, 1.54) is 11.6 Å². The second-order valence-corrected chi connectivity index (χ2v) is 6.85. The van der Waals surface area contributed by atoms with Gasteiger partial charge < -0.3 is 9.64 Å². The highest BCUT2D eigenvalue weighted by Crippen LogP contribution is 2.30. The average molecular weight is 372 g/mol. The van der Waals surface area contributed by atoms with E-state index in [9.17, 15) is 19.3 Å². The first-order valence-corrected chi connectivity index (χ1v) is 8.86. The molecule has 2 aromatic carbocycles. The Hall–Kier alpha value is -2.96. The molecule has 1 aliphatic heterocycles. The molecule has 1 heterocycles. The molecule has 3 rings (SSSR count). The summed E-state index contributed by atoms with van der Waals surface area (Å²) in [6.07, 6.45) is 1.79. The molecule has 0 N–H and O–H groups in total. The van der Waals surface area contributed by atoms with Crippen LogP contribution in [0.4, 0.5) is 15.8 Å². The maximum atomic E-state index is 13.7. The zero-order valence-electron chi connectivity index (χ0n) is 15.3. The Balaban J connectivity index is 1.71. The zero-order chi connectivity index (χ0) is 19.6. The highest BCUT2D eigenvalue weighted by Gasteiger charge is 2.23. The average Bonchev–Trinajstić information content (AvgIpc) is 2.64. The topological polar surface area (TPSA) is 72.7 Å². The number of ether oxygens (including phenoxy) is 1. The van der Waals surface area contributed by atoms with E-state index in [1.54, 1.807) is 4.90 Å². The number of carbonyl (C=O) groups is 1. The van der Waals surface area contributed by atoms with Crippen LogP contribution < -0.4 is 9.64 Å². The van der Waals surface area contributed by atoms with Crippen molar-refractivity contribution in [1.82, 2.24) is 0 Å². The Kier molecular flexibility index (Phi) is 5.39. The van der Waals surface area contributed by atoms with E-state index in [2.05, 4.69) is 19.9 Å². The Morgan fingerprint density at radius 2 is 2.07 bits per heavy atom. The third kappa shape index (κ3) is 4.07. The van der Waals surface area contributed by atoms with E-state index in [0.717, 1.165) is 36.2 Å². The maximum absolute atomic E-state index is 13.7. The van der Waals surface area contributed by atoms with Crippen LogP contribution in [0.5, 0.6) is 5.75 Å². The Bertz CT molecular complexity index is 882. The summed E-state index contributed by atoms with van der Waals surface area (Å²) in [6, 6.07) is 9.37. The van der Waals surface area contributed by atoms with Crippen molar-refractivity contribution < 1.29 is 18.8 Å². The van der Waals surface area contributed by atoms with Crippen LogP contribution >= 0.6 is 0 Å². The molecule has 0 unspecified atom stereocenters. The Morgan fingerprint density at radius 3 is 2.74 bits per heavy atom. The summed E-state index contributed by atoms with van der Waals surface area (Å²) < 4.78 is 19.0. The van der Waals surface area contributed by atoms with E-state index in [4.69, 9.17) is 4.74 Å². The first-order chi connectivity index (χ1) is 12.9. The number of nitro groups is 1. The number of nitro benzene ring substituents is 1. The molecule has 0 saturated heterocycles. The maximum Gasteiger partial charge on any atom is 0.305 e. The number of anilines is 1. The van der Waals surface area contributed by atoms with Crippen molar-refractivity contribution in [2.45, 2.75) is 32.6 Å². The summed E-state index contributed by atoms with van der Waals surface area (Å²) in [7, 11) is 0. The summed E-state index contributed by atoms with van der Waals surface area (Å²) in [5.41, 5.74) is 2.64. The number of amides is 1.